The maximum Gasteiger partial charge on any atom is 0.188 e. The second-order valence-corrected chi connectivity index (χ2v) is 5.24. The summed E-state index contributed by atoms with van der Waals surface area (Å²) in [5.41, 5.74) is 1.62. The second-order valence-electron chi connectivity index (χ2n) is 5.24. The Morgan fingerprint density at radius 1 is 1.08 bits per heavy atom. The van der Waals surface area contributed by atoms with Crippen molar-refractivity contribution in [1.29, 1.82) is 0 Å². The molecular weight excluding hydrogens is 304 g/mol. The molecular formula is C17H14N6O. The van der Waals surface area contributed by atoms with Gasteiger partial charge in [-0.2, -0.15) is 10.2 Å². The Bertz CT molecular complexity index is 1000. The van der Waals surface area contributed by atoms with Crippen molar-refractivity contribution in [2.75, 3.05) is 0 Å². The molecule has 7 heteroatoms. The number of hydrogen-bond donors (Lipinski definition) is 0. The fourth-order valence-electron chi connectivity index (χ4n) is 2.41. The van der Waals surface area contributed by atoms with E-state index in [0.717, 1.165) is 22.6 Å². The fourth-order valence-corrected chi connectivity index (χ4v) is 2.41. The minimum atomic E-state index is 0.367. The number of benzene rings is 1. The van der Waals surface area contributed by atoms with Crippen molar-refractivity contribution in [3.63, 3.8) is 0 Å². The first-order chi connectivity index (χ1) is 11.8. The van der Waals surface area contributed by atoms with E-state index in [-0.39, 0.29) is 0 Å². The summed E-state index contributed by atoms with van der Waals surface area (Å²) in [4.78, 5) is 8.51. The van der Waals surface area contributed by atoms with Gasteiger partial charge in [0.2, 0.25) is 0 Å². The molecule has 3 heterocycles. The van der Waals surface area contributed by atoms with Crippen molar-refractivity contribution < 1.29 is 4.42 Å². The van der Waals surface area contributed by atoms with Crippen LogP contribution in [-0.4, -0.2) is 19.7 Å². The number of para-hydroxylation sites is 1. The van der Waals surface area contributed by atoms with Gasteiger partial charge in [0, 0.05) is 0 Å². The van der Waals surface area contributed by atoms with Crippen LogP contribution < -0.4 is 0 Å². The van der Waals surface area contributed by atoms with Gasteiger partial charge in [-0.1, -0.05) is 18.2 Å². The van der Waals surface area contributed by atoms with Crippen molar-refractivity contribution in [2.24, 2.45) is 10.2 Å². The van der Waals surface area contributed by atoms with Crippen LogP contribution in [0.1, 0.15) is 11.5 Å². The van der Waals surface area contributed by atoms with Crippen molar-refractivity contribution in [3.05, 3.63) is 66.5 Å². The van der Waals surface area contributed by atoms with Crippen LogP contribution in [0.15, 0.2) is 69.6 Å². The van der Waals surface area contributed by atoms with E-state index < -0.39 is 0 Å². The minimum Gasteiger partial charge on any atom is -0.464 e. The maximum atomic E-state index is 5.47. The van der Waals surface area contributed by atoms with E-state index in [1.807, 2.05) is 49.4 Å². The highest BCUT2D eigenvalue weighted by Gasteiger charge is 2.10. The average molecular weight is 318 g/mol. The van der Waals surface area contributed by atoms with E-state index in [4.69, 9.17) is 4.42 Å². The third kappa shape index (κ3) is 2.67. The van der Waals surface area contributed by atoms with E-state index >= 15 is 0 Å². The Kier molecular flexibility index (Phi) is 3.59. The Hall–Kier alpha value is -3.35. The average Bonchev–Trinajstić information content (AvgIpc) is 3.22. The summed E-state index contributed by atoms with van der Waals surface area (Å²) in [5.74, 6) is 2.11. The van der Waals surface area contributed by atoms with Crippen molar-refractivity contribution in [2.45, 2.75) is 13.5 Å². The van der Waals surface area contributed by atoms with E-state index in [9.17, 15) is 0 Å². The minimum absolute atomic E-state index is 0.367. The molecule has 0 saturated heterocycles. The Labute approximate surface area is 137 Å². The summed E-state index contributed by atoms with van der Waals surface area (Å²) >= 11 is 0. The highest BCUT2D eigenvalue weighted by atomic mass is 16.3. The lowest BCUT2D eigenvalue weighted by Crippen LogP contribution is -1.96. The number of aromatic nitrogens is 4. The Morgan fingerprint density at radius 3 is 2.75 bits per heavy atom. The molecule has 0 spiro atoms. The van der Waals surface area contributed by atoms with Gasteiger partial charge in [0.05, 0.1) is 17.3 Å². The third-order valence-corrected chi connectivity index (χ3v) is 3.53. The first-order valence-electron chi connectivity index (χ1n) is 7.48. The molecule has 4 aromatic rings. The monoisotopic (exact) mass is 318 g/mol. The number of nitrogens with zero attached hydrogens (tertiary/aromatic N) is 6. The molecule has 0 N–H and O–H groups in total. The molecule has 0 bridgehead atoms. The highest BCUT2D eigenvalue weighted by Crippen LogP contribution is 2.24. The van der Waals surface area contributed by atoms with E-state index in [1.54, 1.807) is 10.9 Å². The van der Waals surface area contributed by atoms with Crippen LogP contribution in [0.3, 0.4) is 0 Å². The highest BCUT2D eigenvalue weighted by molar-refractivity contribution is 5.85. The molecule has 0 unspecified atom stereocenters. The molecule has 0 amide bonds. The van der Waals surface area contributed by atoms with Crippen LogP contribution in [0.5, 0.6) is 0 Å². The Morgan fingerprint density at radius 2 is 1.96 bits per heavy atom. The van der Waals surface area contributed by atoms with Gasteiger partial charge in [0.1, 0.15) is 24.4 Å². The summed E-state index contributed by atoms with van der Waals surface area (Å²) < 4.78 is 7.22. The zero-order valence-corrected chi connectivity index (χ0v) is 13.0. The molecule has 1 aromatic carbocycles. The van der Waals surface area contributed by atoms with Crippen LogP contribution in [0.2, 0.25) is 0 Å². The summed E-state index contributed by atoms with van der Waals surface area (Å²) in [6.45, 7) is 2.26. The molecule has 0 aliphatic rings. The predicted octanol–water partition coefficient (Wildman–Crippen LogP) is 4.00. The largest absolute Gasteiger partial charge is 0.464 e. The van der Waals surface area contributed by atoms with Gasteiger partial charge in [-0.25, -0.2) is 14.6 Å². The van der Waals surface area contributed by atoms with E-state index in [1.165, 1.54) is 6.33 Å². The molecule has 4 rings (SSSR count). The smallest absolute Gasteiger partial charge is 0.188 e. The molecule has 0 atom stereocenters. The van der Waals surface area contributed by atoms with Crippen LogP contribution >= 0.6 is 0 Å². The quantitative estimate of drug-likeness (QED) is 0.532. The summed E-state index contributed by atoms with van der Waals surface area (Å²) in [6, 6.07) is 13.6. The molecule has 3 aromatic heterocycles. The molecule has 7 nitrogen and oxygen atoms in total. The topological polar surface area (TPSA) is 81.5 Å². The van der Waals surface area contributed by atoms with Gasteiger partial charge in [-0.3, -0.25) is 0 Å². The van der Waals surface area contributed by atoms with Crippen LogP contribution in [-0.2, 0) is 6.54 Å². The number of fused-ring (bicyclic) bond motifs is 1. The molecule has 24 heavy (non-hydrogen) atoms. The zero-order valence-electron chi connectivity index (χ0n) is 13.0. The summed E-state index contributed by atoms with van der Waals surface area (Å²) in [5, 5.41) is 13.5. The SMILES string of the molecule is Cc1ccc(CN=Nc2ncnc3c2cnn3-c2ccccc2)o1. The maximum absolute atomic E-state index is 5.47. The Balaban J connectivity index is 1.66. The molecule has 0 fully saturated rings. The van der Waals surface area contributed by atoms with Gasteiger partial charge >= 0.3 is 0 Å². The lowest BCUT2D eigenvalue weighted by molar-refractivity contribution is 0.483. The normalized spacial score (nSPS) is 11.5. The molecule has 0 saturated carbocycles. The van der Waals surface area contributed by atoms with E-state index in [2.05, 4.69) is 25.3 Å². The standard InChI is InChI=1S/C17H14N6O/c1-12-7-8-14(24-12)9-20-22-16-15-10-21-23(17(15)19-11-18-16)13-5-3-2-4-6-13/h2-8,10-11H,9H2,1H3. The van der Waals surface area contributed by atoms with Crippen LogP contribution in [0.25, 0.3) is 16.7 Å². The zero-order chi connectivity index (χ0) is 16.4. The number of rotatable bonds is 4. The first kappa shape index (κ1) is 14.3. The van der Waals surface area contributed by atoms with Gasteiger partial charge in [-0.15, -0.1) is 5.11 Å². The van der Waals surface area contributed by atoms with Gasteiger partial charge < -0.3 is 4.42 Å². The van der Waals surface area contributed by atoms with Crippen LogP contribution in [0, 0.1) is 6.92 Å². The fraction of sp³-hybridized carbons (Fsp3) is 0.118. The van der Waals surface area contributed by atoms with Gasteiger partial charge in [0.25, 0.3) is 0 Å². The van der Waals surface area contributed by atoms with Crippen molar-refractivity contribution >= 4 is 16.9 Å². The summed E-state index contributed by atoms with van der Waals surface area (Å²) in [7, 11) is 0. The lowest BCUT2D eigenvalue weighted by atomic mass is 10.3. The summed E-state index contributed by atoms with van der Waals surface area (Å²) in [6.07, 6.45) is 3.17. The van der Waals surface area contributed by atoms with Gasteiger partial charge in [0.15, 0.2) is 11.5 Å². The number of azo groups is 1. The molecule has 0 aliphatic heterocycles. The lowest BCUT2D eigenvalue weighted by Gasteiger charge is -2.01. The van der Waals surface area contributed by atoms with Crippen molar-refractivity contribution in [1.82, 2.24) is 19.7 Å². The third-order valence-electron chi connectivity index (χ3n) is 3.53. The van der Waals surface area contributed by atoms with Crippen molar-refractivity contribution in [3.8, 4) is 5.69 Å². The predicted molar refractivity (Wildman–Crippen MR) is 88.3 cm³/mol. The number of aryl methyl sites for hydroxylation is 1. The second kappa shape index (κ2) is 6.04. The number of hydrogen-bond acceptors (Lipinski definition) is 6. The van der Waals surface area contributed by atoms with Crippen LogP contribution in [0.4, 0.5) is 5.82 Å². The van der Waals surface area contributed by atoms with E-state index in [0.29, 0.717) is 18.0 Å². The molecule has 0 radical (unpaired) electrons. The first-order valence-corrected chi connectivity index (χ1v) is 7.48. The van der Waals surface area contributed by atoms with Gasteiger partial charge in [-0.05, 0) is 31.2 Å². The number of furan rings is 1. The molecule has 118 valence electrons. The molecule has 0 aliphatic carbocycles.